The van der Waals surface area contributed by atoms with E-state index in [4.69, 9.17) is 0 Å². The molecule has 0 bridgehead atoms. The summed E-state index contributed by atoms with van der Waals surface area (Å²) in [5.41, 5.74) is 0.685. The summed E-state index contributed by atoms with van der Waals surface area (Å²) >= 11 is 0. The largest absolute Gasteiger partial charge is 0.388 e. The van der Waals surface area contributed by atoms with E-state index in [1.807, 2.05) is 14.0 Å². The molecule has 5 nitrogen and oxygen atoms in total. The number of aromatic nitrogens is 1. The molecule has 1 saturated heterocycles. The number of carbonyl (C=O) groups is 1. The molecule has 2 heterocycles. The summed E-state index contributed by atoms with van der Waals surface area (Å²) in [5.74, 6) is -0.146. The molecule has 1 aromatic heterocycles. The van der Waals surface area contributed by atoms with E-state index in [2.05, 4.69) is 15.2 Å². The SMILES string of the molecule is Cc1cnccc1C(=O)NCC1(O)CCN(C)CC1. The van der Waals surface area contributed by atoms with Gasteiger partial charge in [-0.05, 0) is 38.4 Å². The molecule has 2 N–H and O–H groups in total. The Morgan fingerprint density at radius 1 is 1.53 bits per heavy atom. The highest BCUT2D eigenvalue weighted by Gasteiger charge is 2.31. The Balaban J connectivity index is 1.92. The van der Waals surface area contributed by atoms with Gasteiger partial charge in [-0.3, -0.25) is 9.78 Å². The molecule has 1 fully saturated rings. The number of likely N-dealkylation sites (tertiary alicyclic amines) is 1. The van der Waals surface area contributed by atoms with Crippen LogP contribution in [0.4, 0.5) is 0 Å². The van der Waals surface area contributed by atoms with Crippen molar-refractivity contribution in [2.24, 2.45) is 0 Å². The fourth-order valence-corrected chi connectivity index (χ4v) is 2.28. The van der Waals surface area contributed by atoms with Gasteiger partial charge in [-0.15, -0.1) is 0 Å². The third-order valence-corrected chi connectivity index (χ3v) is 3.76. The molecular weight excluding hydrogens is 242 g/mol. The molecule has 1 aliphatic rings. The lowest BCUT2D eigenvalue weighted by Gasteiger charge is -2.36. The first-order valence-corrected chi connectivity index (χ1v) is 6.60. The van der Waals surface area contributed by atoms with Gasteiger partial charge >= 0.3 is 0 Å². The van der Waals surface area contributed by atoms with Crippen molar-refractivity contribution >= 4 is 5.91 Å². The van der Waals surface area contributed by atoms with Gasteiger partial charge < -0.3 is 15.3 Å². The van der Waals surface area contributed by atoms with E-state index in [9.17, 15) is 9.90 Å². The molecule has 104 valence electrons. The van der Waals surface area contributed by atoms with Crippen LogP contribution in [0, 0.1) is 6.92 Å². The molecule has 2 rings (SSSR count). The lowest BCUT2D eigenvalue weighted by atomic mass is 9.91. The summed E-state index contributed by atoms with van der Waals surface area (Å²) in [4.78, 5) is 18.2. The second-order valence-electron chi connectivity index (χ2n) is 5.40. The topological polar surface area (TPSA) is 65.5 Å². The lowest BCUT2D eigenvalue weighted by Crippen LogP contribution is -2.50. The number of carbonyl (C=O) groups excluding carboxylic acids is 1. The molecule has 1 aliphatic heterocycles. The van der Waals surface area contributed by atoms with Crippen molar-refractivity contribution in [1.29, 1.82) is 0 Å². The number of amides is 1. The normalized spacial score (nSPS) is 19.1. The minimum Gasteiger partial charge on any atom is -0.388 e. The summed E-state index contributed by atoms with van der Waals surface area (Å²) in [6.07, 6.45) is 4.66. The van der Waals surface area contributed by atoms with E-state index < -0.39 is 5.60 Å². The minimum atomic E-state index is -0.775. The number of hydrogen-bond acceptors (Lipinski definition) is 4. The van der Waals surface area contributed by atoms with E-state index >= 15 is 0 Å². The van der Waals surface area contributed by atoms with Crippen LogP contribution in [0.3, 0.4) is 0 Å². The van der Waals surface area contributed by atoms with Crippen molar-refractivity contribution in [2.75, 3.05) is 26.7 Å². The zero-order chi connectivity index (χ0) is 13.9. The van der Waals surface area contributed by atoms with Crippen molar-refractivity contribution in [3.05, 3.63) is 29.6 Å². The van der Waals surface area contributed by atoms with E-state index in [0.717, 1.165) is 18.7 Å². The molecule has 0 aromatic carbocycles. The van der Waals surface area contributed by atoms with Gasteiger partial charge in [0.15, 0.2) is 0 Å². The minimum absolute atomic E-state index is 0.146. The molecule has 0 unspecified atom stereocenters. The van der Waals surface area contributed by atoms with E-state index in [0.29, 0.717) is 24.9 Å². The molecule has 1 aromatic rings. The standard InChI is InChI=1S/C14H21N3O2/c1-11-9-15-6-3-12(11)13(18)16-10-14(19)4-7-17(2)8-5-14/h3,6,9,19H,4-5,7-8,10H2,1-2H3,(H,16,18). The van der Waals surface area contributed by atoms with Crippen molar-refractivity contribution < 1.29 is 9.90 Å². The molecule has 5 heteroatoms. The molecule has 0 spiro atoms. The summed E-state index contributed by atoms with van der Waals surface area (Å²) in [6, 6.07) is 1.70. The highest BCUT2D eigenvalue weighted by atomic mass is 16.3. The van der Waals surface area contributed by atoms with Crippen molar-refractivity contribution in [2.45, 2.75) is 25.4 Å². The number of aryl methyl sites for hydroxylation is 1. The second-order valence-corrected chi connectivity index (χ2v) is 5.40. The number of nitrogens with zero attached hydrogens (tertiary/aromatic N) is 2. The number of aliphatic hydroxyl groups is 1. The maximum atomic E-state index is 12.1. The van der Waals surface area contributed by atoms with Gasteiger partial charge in [0.25, 0.3) is 5.91 Å². The Labute approximate surface area is 113 Å². The molecule has 1 amide bonds. The maximum absolute atomic E-state index is 12.1. The van der Waals surface area contributed by atoms with Crippen LogP contribution < -0.4 is 5.32 Å². The first kappa shape index (κ1) is 14.0. The highest BCUT2D eigenvalue weighted by Crippen LogP contribution is 2.20. The fraction of sp³-hybridized carbons (Fsp3) is 0.571. The van der Waals surface area contributed by atoms with Crippen LogP contribution in [0.1, 0.15) is 28.8 Å². The van der Waals surface area contributed by atoms with Gasteiger partial charge in [0.2, 0.25) is 0 Å². The van der Waals surface area contributed by atoms with Crippen LogP contribution in [0.2, 0.25) is 0 Å². The quantitative estimate of drug-likeness (QED) is 0.837. The van der Waals surface area contributed by atoms with Crippen LogP contribution in [-0.2, 0) is 0 Å². The Bertz CT molecular complexity index is 454. The van der Waals surface area contributed by atoms with Gasteiger partial charge in [0.05, 0.1) is 5.60 Å². The Morgan fingerprint density at radius 2 is 2.21 bits per heavy atom. The highest BCUT2D eigenvalue weighted by molar-refractivity contribution is 5.95. The first-order valence-electron chi connectivity index (χ1n) is 6.60. The molecule has 0 radical (unpaired) electrons. The summed E-state index contributed by atoms with van der Waals surface area (Å²) < 4.78 is 0. The van der Waals surface area contributed by atoms with Gasteiger partial charge in [-0.25, -0.2) is 0 Å². The Hall–Kier alpha value is -1.46. The smallest absolute Gasteiger partial charge is 0.251 e. The number of piperidine rings is 1. The molecule has 19 heavy (non-hydrogen) atoms. The average molecular weight is 263 g/mol. The predicted octanol–water partition coefficient (Wildman–Crippen LogP) is 0.577. The average Bonchev–Trinajstić information content (AvgIpc) is 2.41. The molecule has 0 atom stereocenters. The van der Waals surface area contributed by atoms with E-state index in [1.54, 1.807) is 18.5 Å². The lowest BCUT2D eigenvalue weighted by molar-refractivity contribution is -0.0135. The van der Waals surface area contributed by atoms with Gasteiger partial charge in [0, 0.05) is 37.6 Å². The van der Waals surface area contributed by atoms with Gasteiger partial charge in [0.1, 0.15) is 0 Å². The zero-order valence-corrected chi connectivity index (χ0v) is 11.5. The number of rotatable bonds is 3. The third kappa shape index (κ3) is 3.52. The molecule has 0 saturated carbocycles. The van der Waals surface area contributed by atoms with Crippen LogP contribution in [0.5, 0.6) is 0 Å². The van der Waals surface area contributed by atoms with Crippen molar-refractivity contribution in [3.8, 4) is 0 Å². The number of hydrogen-bond donors (Lipinski definition) is 2. The first-order chi connectivity index (χ1) is 9.00. The molecule has 0 aliphatic carbocycles. The molecular formula is C14H21N3O2. The summed E-state index contributed by atoms with van der Waals surface area (Å²) in [6.45, 7) is 3.88. The maximum Gasteiger partial charge on any atom is 0.251 e. The Kier molecular flexibility index (Phi) is 4.17. The third-order valence-electron chi connectivity index (χ3n) is 3.76. The van der Waals surface area contributed by atoms with E-state index in [-0.39, 0.29) is 5.91 Å². The van der Waals surface area contributed by atoms with Crippen molar-refractivity contribution in [1.82, 2.24) is 15.2 Å². The van der Waals surface area contributed by atoms with Crippen LogP contribution in [0.15, 0.2) is 18.5 Å². The monoisotopic (exact) mass is 263 g/mol. The van der Waals surface area contributed by atoms with E-state index in [1.165, 1.54) is 0 Å². The van der Waals surface area contributed by atoms with Crippen LogP contribution in [-0.4, -0.2) is 53.2 Å². The van der Waals surface area contributed by atoms with Gasteiger partial charge in [-0.2, -0.15) is 0 Å². The number of pyridine rings is 1. The van der Waals surface area contributed by atoms with Crippen molar-refractivity contribution in [3.63, 3.8) is 0 Å². The zero-order valence-electron chi connectivity index (χ0n) is 11.5. The van der Waals surface area contributed by atoms with Gasteiger partial charge in [-0.1, -0.05) is 0 Å². The van der Waals surface area contributed by atoms with Crippen LogP contribution >= 0.6 is 0 Å². The second kappa shape index (κ2) is 5.67. The summed E-state index contributed by atoms with van der Waals surface area (Å²) in [5, 5.41) is 13.2. The summed E-state index contributed by atoms with van der Waals surface area (Å²) in [7, 11) is 2.04. The predicted molar refractivity (Wildman–Crippen MR) is 73.0 cm³/mol. The van der Waals surface area contributed by atoms with Crippen LogP contribution in [0.25, 0.3) is 0 Å². The number of nitrogens with one attached hydrogen (secondary N) is 1. The Morgan fingerprint density at radius 3 is 2.84 bits per heavy atom. The fourth-order valence-electron chi connectivity index (χ4n) is 2.28.